The molecule has 1 fully saturated rings. The van der Waals surface area contributed by atoms with Crippen LogP contribution in [-0.2, 0) is 30.8 Å². The van der Waals surface area contributed by atoms with E-state index in [1.165, 1.54) is 9.21 Å². The van der Waals surface area contributed by atoms with Crippen molar-refractivity contribution in [3.05, 3.63) is 65.5 Å². The minimum atomic E-state index is -3.91. The van der Waals surface area contributed by atoms with Gasteiger partial charge in [-0.1, -0.05) is 30.3 Å². The Kier molecular flexibility index (Phi) is 7.94. The van der Waals surface area contributed by atoms with Crippen LogP contribution in [0.15, 0.2) is 53.4 Å². The lowest BCUT2D eigenvalue weighted by molar-refractivity contribution is -0.135. The molecular weight excluding hydrogens is 439 g/mol. The van der Waals surface area contributed by atoms with Crippen molar-refractivity contribution < 1.29 is 31.9 Å². The van der Waals surface area contributed by atoms with Gasteiger partial charge in [0.05, 0.1) is 23.7 Å². The maximum absolute atomic E-state index is 14.3. The van der Waals surface area contributed by atoms with Crippen LogP contribution < -0.4 is 0 Å². The van der Waals surface area contributed by atoms with Gasteiger partial charge in [0.15, 0.2) is 6.61 Å². The van der Waals surface area contributed by atoms with E-state index in [0.29, 0.717) is 13.1 Å². The minimum absolute atomic E-state index is 0.169. The van der Waals surface area contributed by atoms with Gasteiger partial charge in [-0.2, -0.15) is 4.31 Å². The second-order valence-electron chi connectivity index (χ2n) is 7.13. The summed E-state index contributed by atoms with van der Waals surface area (Å²) < 4.78 is 51.2. The zero-order valence-corrected chi connectivity index (χ0v) is 18.5. The average Bonchev–Trinajstić information content (AvgIpc) is 2.82. The second kappa shape index (κ2) is 10.7. The molecule has 1 aliphatic heterocycles. The van der Waals surface area contributed by atoms with Crippen LogP contribution >= 0.6 is 0 Å². The van der Waals surface area contributed by atoms with E-state index in [1.807, 2.05) is 30.3 Å². The predicted octanol–water partition coefficient (Wildman–Crippen LogP) is 2.05. The summed E-state index contributed by atoms with van der Waals surface area (Å²) in [5, 5.41) is 0. The van der Waals surface area contributed by atoms with Gasteiger partial charge in [-0.3, -0.25) is 4.79 Å². The lowest BCUT2D eigenvalue weighted by atomic mass is 10.2. The zero-order valence-electron chi connectivity index (χ0n) is 17.7. The van der Waals surface area contributed by atoms with Gasteiger partial charge in [-0.05, 0) is 30.7 Å². The van der Waals surface area contributed by atoms with Gasteiger partial charge < -0.3 is 14.4 Å². The Balaban J connectivity index is 1.68. The van der Waals surface area contributed by atoms with E-state index < -0.39 is 39.9 Å². The van der Waals surface area contributed by atoms with E-state index in [0.717, 1.165) is 23.8 Å². The fraction of sp³-hybridized carbons (Fsp3) is 0.364. The van der Waals surface area contributed by atoms with Gasteiger partial charge in [0, 0.05) is 26.2 Å². The first-order valence-corrected chi connectivity index (χ1v) is 11.6. The summed E-state index contributed by atoms with van der Waals surface area (Å²) in [6.45, 7) is 2.80. The van der Waals surface area contributed by atoms with Crippen LogP contribution in [0.2, 0.25) is 0 Å². The second-order valence-corrected chi connectivity index (χ2v) is 9.07. The number of carbonyl (C=O) groups excluding carboxylic acids is 2. The first-order valence-electron chi connectivity index (χ1n) is 10.2. The molecule has 1 aliphatic rings. The molecule has 2 aromatic rings. The largest absolute Gasteiger partial charge is 0.452 e. The fourth-order valence-corrected chi connectivity index (χ4v) is 4.67. The number of ether oxygens (including phenoxy) is 2. The molecule has 172 valence electrons. The van der Waals surface area contributed by atoms with Crippen LogP contribution in [0.3, 0.4) is 0 Å². The summed E-state index contributed by atoms with van der Waals surface area (Å²) in [4.78, 5) is 26.2. The molecule has 32 heavy (non-hydrogen) atoms. The lowest BCUT2D eigenvalue weighted by Gasteiger charge is -2.26. The number of benzene rings is 2. The molecule has 2 aromatic carbocycles. The Morgan fingerprint density at radius 2 is 1.81 bits per heavy atom. The Hall–Kier alpha value is -2.82. The summed E-state index contributed by atoms with van der Waals surface area (Å²) in [5.74, 6) is -2.48. The number of carbonyl (C=O) groups is 2. The Morgan fingerprint density at radius 3 is 2.47 bits per heavy atom. The summed E-state index contributed by atoms with van der Waals surface area (Å²) in [7, 11) is -3.91. The molecule has 0 aliphatic carbocycles. The SMILES string of the molecule is CCN(Cc1ccccc1)C(=O)COC(=O)c1cc(S(=O)(=O)N2CCOCC2)ccc1F. The van der Waals surface area contributed by atoms with Crippen LogP contribution in [0, 0.1) is 5.82 Å². The molecule has 0 unspecified atom stereocenters. The van der Waals surface area contributed by atoms with Crippen molar-refractivity contribution in [1.29, 1.82) is 0 Å². The zero-order chi connectivity index (χ0) is 23.1. The van der Waals surface area contributed by atoms with Gasteiger partial charge in [0.1, 0.15) is 5.82 Å². The van der Waals surface area contributed by atoms with Crippen molar-refractivity contribution in [3.63, 3.8) is 0 Å². The normalized spacial score (nSPS) is 14.7. The predicted molar refractivity (Wildman–Crippen MR) is 114 cm³/mol. The first kappa shape index (κ1) is 23.8. The third-order valence-corrected chi connectivity index (χ3v) is 6.94. The van der Waals surface area contributed by atoms with Crippen LogP contribution in [-0.4, -0.2) is 69.0 Å². The third kappa shape index (κ3) is 5.70. The summed E-state index contributed by atoms with van der Waals surface area (Å²) in [5.41, 5.74) is 0.374. The van der Waals surface area contributed by atoms with Crippen LogP contribution in [0.4, 0.5) is 4.39 Å². The number of likely N-dealkylation sites (N-methyl/N-ethyl adjacent to an activating group) is 1. The molecule has 0 bridgehead atoms. The van der Waals surface area contributed by atoms with Crippen LogP contribution in [0.5, 0.6) is 0 Å². The number of amides is 1. The molecule has 1 amide bonds. The molecule has 1 saturated heterocycles. The van der Waals surface area contributed by atoms with Crippen molar-refractivity contribution in [2.75, 3.05) is 39.5 Å². The van der Waals surface area contributed by atoms with Crippen LogP contribution in [0.25, 0.3) is 0 Å². The highest BCUT2D eigenvalue weighted by molar-refractivity contribution is 7.89. The fourth-order valence-electron chi connectivity index (χ4n) is 3.23. The number of rotatable bonds is 8. The van der Waals surface area contributed by atoms with Crippen molar-refractivity contribution in [1.82, 2.24) is 9.21 Å². The average molecular weight is 465 g/mol. The number of nitrogens with zero attached hydrogens (tertiary/aromatic N) is 2. The Morgan fingerprint density at radius 1 is 1.12 bits per heavy atom. The van der Waals surface area contributed by atoms with Gasteiger partial charge in [-0.25, -0.2) is 17.6 Å². The molecule has 3 rings (SSSR count). The molecule has 0 spiro atoms. The van der Waals surface area contributed by atoms with Crippen molar-refractivity contribution in [2.45, 2.75) is 18.4 Å². The summed E-state index contributed by atoms with van der Waals surface area (Å²) in [6.07, 6.45) is 0. The lowest BCUT2D eigenvalue weighted by Crippen LogP contribution is -2.40. The molecular formula is C22H25FN2O6S. The molecule has 0 atom stereocenters. The molecule has 0 radical (unpaired) electrons. The van der Waals surface area contributed by atoms with Gasteiger partial charge in [0.25, 0.3) is 5.91 Å². The highest BCUT2D eigenvalue weighted by atomic mass is 32.2. The van der Waals surface area contributed by atoms with E-state index >= 15 is 0 Å². The molecule has 8 nitrogen and oxygen atoms in total. The maximum Gasteiger partial charge on any atom is 0.341 e. The number of hydrogen-bond acceptors (Lipinski definition) is 6. The van der Waals surface area contributed by atoms with E-state index in [9.17, 15) is 22.4 Å². The number of halogens is 1. The highest BCUT2D eigenvalue weighted by Gasteiger charge is 2.28. The first-order chi connectivity index (χ1) is 15.3. The van der Waals surface area contributed by atoms with Gasteiger partial charge in [0.2, 0.25) is 10.0 Å². The summed E-state index contributed by atoms with van der Waals surface area (Å²) >= 11 is 0. The van der Waals surface area contributed by atoms with Crippen molar-refractivity contribution >= 4 is 21.9 Å². The monoisotopic (exact) mass is 464 g/mol. The standard InChI is InChI=1S/C22H25FN2O6S/c1-2-24(15-17-6-4-3-5-7-17)21(26)16-31-22(27)19-14-18(8-9-20(19)23)32(28,29)25-10-12-30-13-11-25/h3-9,14H,2,10-13,15-16H2,1H3. The molecule has 1 heterocycles. The quantitative estimate of drug-likeness (QED) is 0.555. The van der Waals surface area contributed by atoms with Crippen molar-refractivity contribution in [2.24, 2.45) is 0 Å². The summed E-state index contributed by atoms with van der Waals surface area (Å²) in [6, 6.07) is 12.3. The molecule has 10 heteroatoms. The van der Waals surface area contributed by atoms with E-state index in [-0.39, 0.29) is 31.2 Å². The third-order valence-electron chi connectivity index (χ3n) is 5.04. The topological polar surface area (TPSA) is 93.2 Å². The van der Waals surface area contributed by atoms with Gasteiger partial charge >= 0.3 is 5.97 Å². The smallest absolute Gasteiger partial charge is 0.341 e. The number of morpholine rings is 1. The van der Waals surface area contributed by atoms with E-state index in [4.69, 9.17) is 9.47 Å². The number of sulfonamides is 1. The maximum atomic E-state index is 14.3. The highest BCUT2D eigenvalue weighted by Crippen LogP contribution is 2.21. The number of hydrogen-bond donors (Lipinski definition) is 0. The van der Waals surface area contributed by atoms with E-state index in [1.54, 1.807) is 6.92 Å². The number of esters is 1. The Labute approximate surface area is 186 Å². The van der Waals surface area contributed by atoms with Crippen LogP contribution in [0.1, 0.15) is 22.8 Å². The minimum Gasteiger partial charge on any atom is -0.452 e. The van der Waals surface area contributed by atoms with Crippen molar-refractivity contribution in [3.8, 4) is 0 Å². The molecule has 0 N–H and O–H groups in total. The molecule has 0 saturated carbocycles. The van der Waals surface area contributed by atoms with E-state index in [2.05, 4.69) is 0 Å². The molecule has 0 aromatic heterocycles. The van der Waals surface area contributed by atoms with Gasteiger partial charge in [-0.15, -0.1) is 0 Å². The Bertz CT molecular complexity index is 1060.